The van der Waals surface area contributed by atoms with Crippen molar-refractivity contribution in [3.8, 4) is 22.9 Å². The number of halogens is 3. The van der Waals surface area contributed by atoms with Gasteiger partial charge in [0.1, 0.15) is 6.33 Å². The molecular weight excluding hydrogens is 415 g/mol. The minimum Gasteiger partial charge on any atom is -0.502 e. The summed E-state index contributed by atoms with van der Waals surface area (Å²) in [6.45, 7) is 0. The molecule has 1 aliphatic rings. The van der Waals surface area contributed by atoms with Gasteiger partial charge in [-0.2, -0.15) is 13.2 Å². The van der Waals surface area contributed by atoms with Crippen molar-refractivity contribution in [3.05, 3.63) is 59.5 Å². The molecule has 0 unspecified atom stereocenters. The predicted molar refractivity (Wildman–Crippen MR) is 105 cm³/mol. The molecule has 162 valence electrons. The number of imidazole rings is 1. The highest BCUT2D eigenvalue weighted by Gasteiger charge is 2.34. The first-order valence-electron chi connectivity index (χ1n) is 9.22. The van der Waals surface area contributed by atoms with Gasteiger partial charge < -0.3 is 24.5 Å². The minimum atomic E-state index is -4.50. The molecule has 2 aromatic carbocycles. The number of nitrogens with zero attached hydrogens (tertiary/aromatic N) is 2. The molecule has 2 heterocycles. The molecular formula is C21H18F3N3O4. The zero-order valence-electron chi connectivity index (χ0n) is 16.5. The van der Waals surface area contributed by atoms with Crippen molar-refractivity contribution in [3.63, 3.8) is 0 Å². The van der Waals surface area contributed by atoms with Crippen molar-refractivity contribution in [1.29, 1.82) is 0 Å². The van der Waals surface area contributed by atoms with Crippen LogP contribution in [-0.2, 0) is 11.0 Å². The van der Waals surface area contributed by atoms with Gasteiger partial charge in [0.25, 0.3) is 0 Å². The highest BCUT2D eigenvalue weighted by Crippen LogP contribution is 2.44. The Balaban J connectivity index is 1.88. The fraction of sp³-hybridized carbons (Fsp3) is 0.238. The summed E-state index contributed by atoms with van der Waals surface area (Å²) >= 11 is 0. The zero-order chi connectivity index (χ0) is 22.3. The van der Waals surface area contributed by atoms with E-state index in [2.05, 4.69) is 10.3 Å². The average Bonchev–Trinajstić information content (AvgIpc) is 3.16. The quantitative estimate of drug-likeness (QED) is 0.648. The SMILES string of the molecule is COc1cc([C@@H]2CC(=O)Nc3ncn(-c4cccc(C(F)(F)F)c4)c32)cc(OC)c1O. The Bertz CT molecular complexity index is 1130. The maximum atomic E-state index is 13.2. The van der Waals surface area contributed by atoms with E-state index in [0.29, 0.717) is 11.3 Å². The van der Waals surface area contributed by atoms with Gasteiger partial charge in [0.05, 0.1) is 25.5 Å². The largest absolute Gasteiger partial charge is 0.502 e. The number of aromatic nitrogens is 2. The number of hydrogen-bond acceptors (Lipinski definition) is 5. The Hall–Kier alpha value is -3.69. The summed E-state index contributed by atoms with van der Waals surface area (Å²) in [6.07, 6.45) is -3.11. The van der Waals surface area contributed by atoms with E-state index in [-0.39, 0.29) is 41.1 Å². The number of benzene rings is 2. The first kappa shape index (κ1) is 20.6. The summed E-state index contributed by atoms with van der Waals surface area (Å²) in [4.78, 5) is 16.5. The van der Waals surface area contributed by atoms with Crippen LogP contribution in [0.3, 0.4) is 0 Å². The number of fused-ring (bicyclic) bond motifs is 1. The molecule has 1 aliphatic heterocycles. The van der Waals surface area contributed by atoms with Crippen LogP contribution < -0.4 is 14.8 Å². The second-order valence-electron chi connectivity index (χ2n) is 6.98. The molecule has 1 amide bonds. The summed E-state index contributed by atoms with van der Waals surface area (Å²) in [5.74, 6) is -0.508. The highest BCUT2D eigenvalue weighted by molar-refractivity contribution is 5.94. The zero-order valence-corrected chi connectivity index (χ0v) is 16.5. The van der Waals surface area contributed by atoms with Crippen molar-refractivity contribution in [1.82, 2.24) is 9.55 Å². The number of anilines is 1. The van der Waals surface area contributed by atoms with Crippen molar-refractivity contribution in [2.45, 2.75) is 18.5 Å². The Morgan fingerprint density at radius 1 is 1.16 bits per heavy atom. The lowest BCUT2D eigenvalue weighted by Gasteiger charge is -2.26. The number of carbonyl (C=O) groups excluding carboxylic acids is 1. The van der Waals surface area contributed by atoms with Crippen LogP contribution in [0.4, 0.5) is 19.0 Å². The molecule has 0 fully saturated rings. The van der Waals surface area contributed by atoms with Crippen molar-refractivity contribution < 1.29 is 32.5 Å². The van der Waals surface area contributed by atoms with Gasteiger partial charge in [-0.05, 0) is 35.9 Å². The fourth-order valence-corrected chi connectivity index (χ4v) is 3.68. The van der Waals surface area contributed by atoms with Crippen LogP contribution in [0, 0.1) is 0 Å². The number of phenols is 1. The van der Waals surface area contributed by atoms with Crippen LogP contribution in [0.1, 0.15) is 29.2 Å². The predicted octanol–water partition coefficient (Wildman–Crippen LogP) is 4.09. The molecule has 0 bridgehead atoms. The molecule has 2 N–H and O–H groups in total. The van der Waals surface area contributed by atoms with Gasteiger partial charge in [0.15, 0.2) is 17.3 Å². The molecule has 1 aromatic heterocycles. The average molecular weight is 433 g/mol. The molecule has 1 atom stereocenters. The monoisotopic (exact) mass is 433 g/mol. The number of ether oxygens (including phenoxy) is 2. The van der Waals surface area contributed by atoms with Crippen LogP contribution >= 0.6 is 0 Å². The Labute approximate surface area is 175 Å². The summed E-state index contributed by atoms with van der Waals surface area (Å²) in [7, 11) is 2.76. The lowest BCUT2D eigenvalue weighted by Crippen LogP contribution is -2.25. The molecule has 10 heteroatoms. The van der Waals surface area contributed by atoms with Gasteiger partial charge in [0, 0.05) is 18.0 Å². The Morgan fingerprint density at radius 2 is 1.84 bits per heavy atom. The second-order valence-corrected chi connectivity index (χ2v) is 6.98. The van der Waals surface area contributed by atoms with E-state index in [1.807, 2.05) is 0 Å². The van der Waals surface area contributed by atoms with Crippen molar-refractivity contribution in [2.24, 2.45) is 0 Å². The summed E-state index contributed by atoms with van der Waals surface area (Å²) in [5, 5.41) is 12.9. The summed E-state index contributed by atoms with van der Waals surface area (Å²) in [5.41, 5.74) is 0.546. The number of aromatic hydroxyl groups is 1. The van der Waals surface area contributed by atoms with E-state index in [1.165, 1.54) is 37.2 Å². The second kappa shape index (κ2) is 7.53. The molecule has 3 aromatic rings. The van der Waals surface area contributed by atoms with E-state index >= 15 is 0 Å². The van der Waals surface area contributed by atoms with E-state index in [9.17, 15) is 23.1 Å². The smallest absolute Gasteiger partial charge is 0.416 e. The van der Waals surface area contributed by atoms with Gasteiger partial charge in [-0.15, -0.1) is 0 Å². The first-order valence-corrected chi connectivity index (χ1v) is 9.22. The van der Waals surface area contributed by atoms with Crippen LogP contribution in [0.5, 0.6) is 17.2 Å². The molecule has 0 aliphatic carbocycles. The third kappa shape index (κ3) is 3.65. The number of phenolic OH excluding ortho intramolecular Hbond substituents is 1. The highest BCUT2D eigenvalue weighted by atomic mass is 19.4. The molecule has 0 spiro atoms. The summed E-state index contributed by atoms with van der Waals surface area (Å²) < 4.78 is 51.6. The maximum absolute atomic E-state index is 13.2. The number of nitrogens with one attached hydrogen (secondary N) is 1. The number of amides is 1. The van der Waals surface area contributed by atoms with Crippen LogP contribution in [0.25, 0.3) is 5.69 Å². The van der Waals surface area contributed by atoms with Crippen molar-refractivity contribution in [2.75, 3.05) is 19.5 Å². The van der Waals surface area contributed by atoms with Crippen LogP contribution in [-0.4, -0.2) is 34.8 Å². The van der Waals surface area contributed by atoms with Gasteiger partial charge in [-0.1, -0.05) is 6.07 Å². The molecule has 31 heavy (non-hydrogen) atoms. The number of carbonyl (C=O) groups is 1. The van der Waals surface area contributed by atoms with E-state index in [0.717, 1.165) is 12.1 Å². The topological polar surface area (TPSA) is 85.6 Å². The standard InChI is InChI=1S/C21H18F3N3O4/c1-30-15-6-11(7-16(31-2)19(15)29)14-9-17(28)26-20-18(14)27(10-25-20)13-5-3-4-12(8-13)21(22,23)24/h3-8,10,14,29H,9H2,1-2H3,(H,26,28)/t14-/m0/s1. The number of alkyl halides is 3. The van der Waals surface area contributed by atoms with Gasteiger partial charge >= 0.3 is 6.18 Å². The fourth-order valence-electron chi connectivity index (χ4n) is 3.68. The van der Waals surface area contributed by atoms with Crippen molar-refractivity contribution >= 4 is 11.7 Å². The number of rotatable bonds is 4. The Kier molecular flexibility index (Phi) is 5.00. The third-order valence-electron chi connectivity index (χ3n) is 5.14. The van der Waals surface area contributed by atoms with E-state index in [1.54, 1.807) is 12.1 Å². The van der Waals surface area contributed by atoms with Gasteiger partial charge in [0.2, 0.25) is 11.7 Å². The Morgan fingerprint density at radius 3 is 2.45 bits per heavy atom. The van der Waals surface area contributed by atoms with E-state index < -0.39 is 17.7 Å². The molecule has 0 saturated carbocycles. The normalized spacial score (nSPS) is 15.9. The third-order valence-corrected chi connectivity index (χ3v) is 5.14. The first-order chi connectivity index (χ1) is 14.7. The van der Waals surface area contributed by atoms with E-state index in [4.69, 9.17) is 9.47 Å². The molecule has 7 nitrogen and oxygen atoms in total. The van der Waals surface area contributed by atoms with Gasteiger partial charge in [-0.3, -0.25) is 4.79 Å². The van der Waals surface area contributed by atoms with Gasteiger partial charge in [-0.25, -0.2) is 4.98 Å². The number of methoxy groups -OCH3 is 2. The maximum Gasteiger partial charge on any atom is 0.416 e. The van der Waals surface area contributed by atoms with Crippen LogP contribution in [0.2, 0.25) is 0 Å². The molecule has 0 saturated heterocycles. The molecule has 4 rings (SSSR count). The summed E-state index contributed by atoms with van der Waals surface area (Å²) in [6, 6.07) is 7.98. The lowest BCUT2D eigenvalue weighted by molar-refractivity contribution is -0.137. The minimum absolute atomic E-state index is 0.0226. The number of hydrogen-bond donors (Lipinski definition) is 2. The lowest BCUT2D eigenvalue weighted by atomic mass is 9.89. The van der Waals surface area contributed by atoms with Crippen LogP contribution in [0.15, 0.2) is 42.7 Å². The molecule has 0 radical (unpaired) electrons.